The van der Waals surface area contributed by atoms with Crippen LogP contribution in [0.2, 0.25) is 6.04 Å². The van der Waals surface area contributed by atoms with Crippen molar-refractivity contribution in [2.75, 3.05) is 5.33 Å². The van der Waals surface area contributed by atoms with Crippen LogP contribution < -0.4 is 0 Å². The van der Waals surface area contributed by atoms with Crippen LogP contribution in [0.3, 0.4) is 0 Å². The highest BCUT2D eigenvalue weighted by atomic mass is 79.9. The van der Waals surface area contributed by atoms with Crippen molar-refractivity contribution in [3.8, 4) is 0 Å². The van der Waals surface area contributed by atoms with Gasteiger partial charge in [-0.3, -0.25) is 0 Å². The van der Waals surface area contributed by atoms with Gasteiger partial charge in [0.2, 0.25) is 0 Å². The zero-order valence-electron chi connectivity index (χ0n) is 7.67. The summed E-state index contributed by atoms with van der Waals surface area (Å²) in [7, 11) is 0. The van der Waals surface area contributed by atoms with Gasteiger partial charge in [0.1, 0.15) is 0 Å². The van der Waals surface area contributed by atoms with Crippen LogP contribution in [0.15, 0.2) is 0 Å². The highest BCUT2D eigenvalue weighted by Crippen LogP contribution is 2.27. The second-order valence-electron chi connectivity index (χ2n) is 3.18. The SMILES string of the molecule is Cl[Si](Cl)(Cl)CCCCCCCCBr. The van der Waals surface area contributed by atoms with E-state index >= 15 is 0 Å². The molecule has 0 saturated heterocycles. The molecule has 0 fully saturated rings. The molecule has 0 aromatic heterocycles. The minimum Gasteiger partial charge on any atom is -0.126 e. The van der Waals surface area contributed by atoms with E-state index in [2.05, 4.69) is 15.9 Å². The smallest absolute Gasteiger partial charge is 0.126 e. The van der Waals surface area contributed by atoms with Gasteiger partial charge in [0.25, 0.3) is 0 Å². The van der Waals surface area contributed by atoms with Crippen LogP contribution in [0.25, 0.3) is 0 Å². The molecular weight excluding hydrogens is 310 g/mol. The topological polar surface area (TPSA) is 0 Å². The minimum atomic E-state index is -2.32. The Labute approximate surface area is 105 Å². The lowest BCUT2D eigenvalue weighted by Gasteiger charge is -2.06. The fourth-order valence-corrected chi connectivity index (χ4v) is 3.38. The zero-order valence-corrected chi connectivity index (χ0v) is 12.5. The van der Waals surface area contributed by atoms with Gasteiger partial charge in [0.15, 0.2) is 0 Å². The molecule has 0 spiro atoms. The van der Waals surface area contributed by atoms with Crippen LogP contribution in [-0.4, -0.2) is 11.3 Å². The first-order chi connectivity index (χ1) is 6.06. The molecule has 0 aliphatic rings. The third-order valence-electron chi connectivity index (χ3n) is 1.84. The average molecular weight is 327 g/mol. The maximum Gasteiger partial charge on any atom is 0.341 e. The monoisotopic (exact) mass is 324 g/mol. The molecule has 0 radical (unpaired) electrons. The van der Waals surface area contributed by atoms with Gasteiger partial charge in [-0.15, -0.1) is 33.2 Å². The fraction of sp³-hybridized carbons (Fsp3) is 1.00. The number of halogens is 4. The Morgan fingerprint density at radius 1 is 0.769 bits per heavy atom. The van der Waals surface area contributed by atoms with Crippen molar-refractivity contribution in [1.82, 2.24) is 0 Å². The summed E-state index contributed by atoms with van der Waals surface area (Å²) in [6, 6.07) is -1.51. The molecule has 0 aromatic rings. The van der Waals surface area contributed by atoms with Crippen LogP contribution in [0.1, 0.15) is 38.5 Å². The standard InChI is InChI=1S/C8H16BrCl3Si/c9-7-5-3-1-2-4-6-8-13(10,11)12/h1-8H2. The molecule has 0 aliphatic carbocycles. The molecule has 5 heteroatoms. The molecule has 0 heterocycles. The fourth-order valence-electron chi connectivity index (χ4n) is 1.13. The Morgan fingerprint density at radius 3 is 1.69 bits per heavy atom. The second-order valence-corrected chi connectivity index (χ2v) is 13.2. The third kappa shape index (κ3) is 13.6. The molecule has 0 bridgehead atoms. The van der Waals surface area contributed by atoms with Gasteiger partial charge < -0.3 is 0 Å². The van der Waals surface area contributed by atoms with Gasteiger partial charge >= 0.3 is 6.00 Å². The van der Waals surface area contributed by atoms with Gasteiger partial charge in [-0.1, -0.05) is 48.0 Å². The van der Waals surface area contributed by atoms with Crippen molar-refractivity contribution in [3.63, 3.8) is 0 Å². The minimum absolute atomic E-state index is 0.816. The molecule has 13 heavy (non-hydrogen) atoms. The summed E-state index contributed by atoms with van der Waals surface area (Å²) >= 11 is 20.7. The number of alkyl halides is 1. The van der Waals surface area contributed by atoms with E-state index in [4.69, 9.17) is 33.2 Å². The lowest BCUT2D eigenvalue weighted by molar-refractivity contribution is 0.627. The highest BCUT2D eigenvalue weighted by molar-refractivity contribution is 9.09. The van der Waals surface area contributed by atoms with Crippen molar-refractivity contribution in [1.29, 1.82) is 0 Å². The molecule has 0 nitrogen and oxygen atoms in total. The Morgan fingerprint density at radius 2 is 1.23 bits per heavy atom. The van der Waals surface area contributed by atoms with Gasteiger partial charge in [0.05, 0.1) is 0 Å². The van der Waals surface area contributed by atoms with E-state index in [1.165, 1.54) is 32.1 Å². The molecular formula is C8H16BrCl3Si. The largest absolute Gasteiger partial charge is 0.341 e. The van der Waals surface area contributed by atoms with E-state index in [-0.39, 0.29) is 0 Å². The van der Waals surface area contributed by atoms with Crippen molar-refractivity contribution in [3.05, 3.63) is 0 Å². The Kier molecular flexibility index (Phi) is 9.91. The van der Waals surface area contributed by atoms with E-state index in [9.17, 15) is 0 Å². The van der Waals surface area contributed by atoms with Gasteiger partial charge in [0, 0.05) is 5.33 Å². The molecule has 0 amide bonds. The molecule has 0 aromatic carbocycles. The summed E-state index contributed by atoms with van der Waals surface area (Å²) in [4.78, 5) is 0. The van der Waals surface area contributed by atoms with E-state index in [1.54, 1.807) is 0 Å². The number of unbranched alkanes of at least 4 members (excludes halogenated alkanes) is 5. The normalized spacial score (nSPS) is 12.0. The van der Waals surface area contributed by atoms with Gasteiger partial charge in [-0.05, 0) is 12.5 Å². The predicted octanol–water partition coefficient (Wildman–Crippen LogP) is 5.38. The van der Waals surface area contributed by atoms with E-state index in [0.717, 1.165) is 17.8 Å². The quantitative estimate of drug-likeness (QED) is 0.243. The molecule has 0 aliphatic heterocycles. The molecule has 0 rings (SSSR count). The molecule has 0 atom stereocenters. The maximum atomic E-state index is 5.76. The first-order valence-corrected chi connectivity index (χ1v) is 11.1. The van der Waals surface area contributed by atoms with E-state index in [0.29, 0.717) is 0 Å². The van der Waals surface area contributed by atoms with E-state index in [1.807, 2.05) is 0 Å². The predicted molar refractivity (Wildman–Crippen MR) is 69.6 cm³/mol. The average Bonchev–Trinajstić information content (AvgIpc) is 2.01. The Hall–Kier alpha value is 1.57. The second kappa shape index (κ2) is 8.84. The molecule has 80 valence electrons. The third-order valence-corrected chi connectivity index (χ3v) is 5.03. The van der Waals surface area contributed by atoms with Crippen LogP contribution >= 0.6 is 49.2 Å². The number of hydrogen-bond donors (Lipinski definition) is 0. The summed E-state index contributed by atoms with van der Waals surface area (Å²) in [5.41, 5.74) is 0. The summed E-state index contributed by atoms with van der Waals surface area (Å²) < 4.78 is 0. The first-order valence-electron chi connectivity index (χ1n) is 4.69. The summed E-state index contributed by atoms with van der Waals surface area (Å²) in [5, 5.41) is 1.12. The van der Waals surface area contributed by atoms with Crippen LogP contribution in [-0.2, 0) is 0 Å². The molecule has 0 saturated carbocycles. The molecule has 0 N–H and O–H groups in total. The number of rotatable bonds is 8. The summed E-state index contributed by atoms with van der Waals surface area (Å²) in [5.74, 6) is 0. The van der Waals surface area contributed by atoms with Gasteiger partial charge in [-0.2, -0.15) is 0 Å². The highest BCUT2D eigenvalue weighted by Gasteiger charge is 2.23. The van der Waals surface area contributed by atoms with E-state index < -0.39 is 6.00 Å². The number of hydrogen-bond acceptors (Lipinski definition) is 0. The van der Waals surface area contributed by atoms with Crippen LogP contribution in [0.4, 0.5) is 0 Å². The van der Waals surface area contributed by atoms with Crippen molar-refractivity contribution in [2.24, 2.45) is 0 Å². The summed E-state index contributed by atoms with van der Waals surface area (Å²) in [6.07, 6.45) is 7.48. The Balaban J connectivity index is 3.00. The first kappa shape index (κ1) is 14.6. The zero-order chi connectivity index (χ0) is 10.2. The molecule has 0 unspecified atom stereocenters. The van der Waals surface area contributed by atoms with Crippen molar-refractivity contribution in [2.45, 2.75) is 44.6 Å². The Bertz CT molecular complexity index is 116. The lowest BCUT2D eigenvalue weighted by Crippen LogP contribution is -2.07. The summed E-state index contributed by atoms with van der Waals surface area (Å²) in [6.45, 7) is 0. The van der Waals surface area contributed by atoms with Crippen LogP contribution in [0.5, 0.6) is 0 Å². The maximum absolute atomic E-state index is 5.76. The van der Waals surface area contributed by atoms with Crippen molar-refractivity contribution >= 4 is 55.2 Å². The van der Waals surface area contributed by atoms with Gasteiger partial charge in [-0.25, -0.2) is 0 Å². The van der Waals surface area contributed by atoms with Crippen molar-refractivity contribution < 1.29 is 0 Å². The van der Waals surface area contributed by atoms with Crippen LogP contribution in [0, 0.1) is 0 Å². The lowest BCUT2D eigenvalue weighted by atomic mass is 10.1.